The molecule has 3 aromatic rings. The lowest BCUT2D eigenvalue weighted by molar-refractivity contribution is -0.145. The van der Waals surface area contributed by atoms with Crippen molar-refractivity contribution < 1.29 is 37.0 Å². The van der Waals surface area contributed by atoms with Crippen molar-refractivity contribution in [2.24, 2.45) is 0 Å². The Hall–Kier alpha value is -4.34. The molecule has 3 aromatic carbocycles. The van der Waals surface area contributed by atoms with Gasteiger partial charge in [-0.1, -0.05) is 66.7 Å². The first-order valence-corrected chi connectivity index (χ1v) is 12.2. The average molecular weight is 541 g/mol. The number of esters is 1. The van der Waals surface area contributed by atoms with Crippen molar-refractivity contribution in [1.29, 1.82) is 0 Å². The van der Waals surface area contributed by atoms with Gasteiger partial charge in [0.2, 0.25) is 5.91 Å². The van der Waals surface area contributed by atoms with Crippen LogP contribution in [0.15, 0.2) is 78.9 Å². The van der Waals surface area contributed by atoms with Crippen LogP contribution in [0.3, 0.4) is 0 Å². The van der Waals surface area contributed by atoms with Crippen molar-refractivity contribution in [3.05, 3.63) is 107 Å². The summed E-state index contributed by atoms with van der Waals surface area (Å²) in [6.07, 6.45) is -5.09. The average Bonchev–Trinajstić information content (AvgIpc) is 2.94. The van der Waals surface area contributed by atoms with Crippen molar-refractivity contribution in [2.45, 2.75) is 44.3 Å². The molecule has 0 fully saturated rings. The summed E-state index contributed by atoms with van der Waals surface area (Å²) in [5.74, 6) is -1.37. The smallest absolute Gasteiger partial charge is 0.416 e. The number of fused-ring (bicyclic) bond motifs is 1. The minimum Gasteiger partial charge on any atom is -0.467 e. The van der Waals surface area contributed by atoms with Crippen LogP contribution in [0.1, 0.15) is 27.8 Å². The summed E-state index contributed by atoms with van der Waals surface area (Å²) in [7, 11) is 1.15. The normalized spacial score (nSPS) is 15.6. The molecule has 0 saturated carbocycles. The molecule has 2 atom stereocenters. The summed E-state index contributed by atoms with van der Waals surface area (Å²) in [4.78, 5) is 40.4. The molecule has 7 nitrogen and oxygen atoms in total. The maximum absolute atomic E-state index is 13.5. The first kappa shape index (κ1) is 27.7. The molecule has 10 heteroatoms. The number of nitrogens with one attached hydrogen (secondary N) is 1. The molecule has 2 amide bonds. The zero-order valence-corrected chi connectivity index (χ0v) is 21.1. The predicted octanol–water partition coefficient (Wildman–Crippen LogP) is 4.67. The van der Waals surface area contributed by atoms with Gasteiger partial charge in [-0.05, 0) is 34.4 Å². The molecule has 0 aliphatic carbocycles. The highest BCUT2D eigenvalue weighted by Crippen LogP contribution is 2.29. The maximum atomic E-state index is 13.5. The molecule has 0 bridgehead atoms. The third-order valence-corrected chi connectivity index (χ3v) is 6.51. The van der Waals surface area contributed by atoms with Crippen LogP contribution in [0.5, 0.6) is 0 Å². The molecule has 0 unspecified atom stereocenters. The summed E-state index contributed by atoms with van der Waals surface area (Å²) in [6, 6.07) is 18.6. The van der Waals surface area contributed by atoms with E-state index >= 15 is 0 Å². The third kappa shape index (κ3) is 6.95. The Morgan fingerprint density at radius 2 is 1.56 bits per heavy atom. The Balaban J connectivity index is 1.52. The lowest BCUT2D eigenvalue weighted by Crippen LogP contribution is -2.56. The molecule has 4 rings (SSSR count). The minimum atomic E-state index is -4.50. The van der Waals surface area contributed by atoms with Gasteiger partial charge in [0.15, 0.2) is 0 Å². The van der Waals surface area contributed by atoms with Crippen molar-refractivity contribution >= 4 is 18.0 Å². The highest BCUT2D eigenvalue weighted by molar-refractivity contribution is 5.90. The SMILES string of the molecule is COC(=O)[C@@H](Cc1ccc(C(F)(F)F)cc1)NC(=O)[C@@H]1Cc2ccccc2CN1C(=O)OCc1ccccc1. The summed E-state index contributed by atoms with van der Waals surface area (Å²) in [5, 5.41) is 2.64. The molecule has 1 heterocycles. The van der Waals surface area contributed by atoms with E-state index in [4.69, 9.17) is 9.47 Å². The Bertz CT molecular complexity index is 1310. The quantitative estimate of drug-likeness (QED) is 0.441. The highest BCUT2D eigenvalue weighted by atomic mass is 19.4. The monoisotopic (exact) mass is 540 g/mol. The van der Waals surface area contributed by atoms with Crippen LogP contribution in [-0.4, -0.2) is 42.1 Å². The summed E-state index contributed by atoms with van der Waals surface area (Å²) < 4.78 is 49.1. The Morgan fingerprint density at radius 1 is 0.923 bits per heavy atom. The number of ether oxygens (including phenoxy) is 2. The van der Waals surface area contributed by atoms with Gasteiger partial charge in [-0.2, -0.15) is 13.2 Å². The van der Waals surface area contributed by atoms with Crippen LogP contribution in [0.2, 0.25) is 0 Å². The van der Waals surface area contributed by atoms with E-state index in [2.05, 4.69) is 5.32 Å². The van der Waals surface area contributed by atoms with Gasteiger partial charge >= 0.3 is 18.2 Å². The second-order valence-electron chi connectivity index (χ2n) is 9.14. The molecular weight excluding hydrogens is 513 g/mol. The van der Waals surface area contributed by atoms with E-state index in [0.717, 1.165) is 35.9 Å². The van der Waals surface area contributed by atoms with E-state index in [0.29, 0.717) is 5.56 Å². The van der Waals surface area contributed by atoms with E-state index in [-0.39, 0.29) is 26.0 Å². The number of carbonyl (C=O) groups is 3. The largest absolute Gasteiger partial charge is 0.467 e. The fourth-order valence-electron chi connectivity index (χ4n) is 4.42. The number of rotatable bonds is 7. The second kappa shape index (κ2) is 12.0. The van der Waals surface area contributed by atoms with Crippen LogP contribution in [0.25, 0.3) is 0 Å². The highest BCUT2D eigenvalue weighted by Gasteiger charge is 2.37. The van der Waals surface area contributed by atoms with Crippen molar-refractivity contribution in [3.63, 3.8) is 0 Å². The molecular formula is C29H27F3N2O5. The van der Waals surface area contributed by atoms with E-state index in [1.54, 1.807) is 0 Å². The van der Waals surface area contributed by atoms with Gasteiger partial charge in [0.05, 0.1) is 19.2 Å². The van der Waals surface area contributed by atoms with E-state index < -0.39 is 41.8 Å². The number of carbonyl (C=O) groups excluding carboxylic acids is 3. The van der Waals surface area contributed by atoms with E-state index in [9.17, 15) is 27.6 Å². The van der Waals surface area contributed by atoms with Crippen molar-refractivity contribution in [2.75, 3.05) is 7.11 Å². The van der Waals surface area contributed by atoms with Gasteiger partial charge in [0.1, 0.15) is 18.7 Å². The number of alkyl halides is 3. The van der Waals surface area contributed by atoms with Gasteiger partial charge in [-0.25, -0.2) is 9.59 Å². The molecule has 0 radical (unpaired) electrons. The number of benzene rings is 3. The fourth-order valence-corrected chi connectivity index (χ4v) is 4.42. The zero-order valence-electron chi connectivity index (χ0n) is 21.1. The Kier molecular flexibility index (Phi) is 8.53. The maximum Gasteiger partial charge on any atom is 0.416 e. The molecule has 39 heavy (non-hydrogen) atoms. The zero-order chi connectivity index (χ0) is 28.0. The second-order valence-corrected chi connectivity index (χ2v) is 9.14. The summed E-state index contributed by atoms with van der Waals surface area (Å²) in [6.45, 7) is 0.147. The molecule has 204 valence electrons. The first-order valence-electron chi connectivity index (χ1n) is 12.2. The molecule has 1 N–H and O–H groups in total. The van der Waals surface area contributed by atoms with Gasteiger partial charge < -0.3 is 14.8 Å². The standard InChI is InChI=1S/C29H27F3N2O5/c1-38-27(36)24(15-19-11-13-23(14-12-19)29(30,31)32)33-26(35)25-16-21-9-5-6-10-22(21)17-34(25)28(37)39-18-20-7-3-2-4-8-20/h2-14,24-25H,15-18H2,1H3,(H,33,35)/t24-,25+/m1/s1. The summed E-state index contributed by atoms with van der Waals surface area (Å²) in [5.41, 5.74) is 2.10. The molecule has 0 spiro atoms. The van der Waals surface area contributed by atoms with Gasteiger partial charge in [0.25, 0.3) is 0 Å². The van der Waals surface area contributed by atoms with Crippen molar-refractivity contribution in [1.82, 2.24) is 10.2 Å². The number of halogens is 3. The van der Waals surface area contributed by atoms with E-state index in [1.807, 2.05) is 54.6 Å². The van der Waals surface area contributed by atoms with Gasteiger partial charge in [0, 0.05) is 12.8 Å². The summed E-state index contributed by atoms with van der Waals surface area (Å²) >= 11 is 0. The Labute approximate surface area is 223 Å². The Morgan fingerprint density at radius 3 is 2.21 bits per heavy atom. The third-order valence-electron chi connectivity index (χ3n) is 6.51. The minimum absolute atomic E-state index is 0.0187. The molecule has 1 aliphatic heterocycles. The number of hydrogen-bond acceptors (Lipinski definition) is 5. The fraction of sp³-hybridized carbons (Fsp3) is 0.276. The number of methoxy groups -OCH3 is 1. The number of amides is 2. The lowest BCUT2D eigenvalue weighted by Gasteiger charge is -2.35. The lowest BCUT2D eigenvalue weighted by atomic mass is 9.93. The van der Waals surface area contributed by atoms with E-state index in [1.165, 1.54) is 17.0 Å². The van der Waals surface area contributed by atoms with Crippen molar-refractivity contribution in [3.8, 4) is 0 Å². The topological polar surface area (TPSA) is 84.9 Å². The first-order chi connectivity index (χ1) is 18.7. The molecule has 1 aliphatic rings. The molecule has 0 saturated heterocycles. The predicted molar refractivity (Wildman–Crippen MR) is 135 cm³/mol. The molecule has 0 aromatic heterocycles. The van der Waals surface area contributed by atoms with Crippen LogP contribution in [0, 0.1) is 0 Å². The number of hydrogen-bond donors (Lipinski definition) is 1. The van der Waals surface area contributed by atoms with Crippen LogP contribution in [-0.2, 0) is 51.2 Å². The van der Waals surface area contributed by atoms with Crippen LogP contribution >= 0.6 is 0 Å². The number of nitrogens with zero attached hydrogens (tertiary/aromatic N) is 1. The van der Waals surface area contributed by atoms with Crippen LogP contribution < -0.4 is 5.32 Å². The van der Waals surface area contributed by atoms with Gasteiger partial charge in [-0.15, -0.1) is 0 Å². The van der Waals surface area contributed by atoms with Crippen LogP contribution in [0.4, 0.5) is 18.0 Å². The van der Waals surface area contributed by atoms with Gasteiger partial charge in [-0.3, -0.25) is 9.69 Å².